The Morgan fingerprint density at radius 3 is 2.42 bits per heavy atom. The highest BCUT2D eigenvalue weighted by molar-refractivity contribution is 7.10. The van der Waals surface area contributed by atoms with E-state index in [9.17, 15) is 22.8 Å². The highest BCUT2D eigenvalue weighted by Crippen LogP contribution is 2.32. The van der Waals surface area contributed by atoms with Gasteiger partial charge in [0, 0.05) is 17.5 Å². The molecule has 1 saturated carbocycles. The normalized spacial score (nSPS) is 15.2. The van der Waals surface area contributed by atoms with Crippen molar-refractivity contribution in [1.29, 1.82) is 0 Å². The molecule has 2 aromatic rings. The molecule has 10 heteroatoms. The van der Waals surface area contributed by atoms with Gasteiger partial charge in [-0.05, 0) is 48.4 Å². The number of ether oxygens (including phenoxy) is 2. The van der Waals surface area contributed by atoms with Crippen LogP contribution in [0.1, 0.15) is 42.2 Å². The maximum atomic E-state index is 13.6. The van der Waals surface area contributed by atoms with Gasteiger partial charge in [0.2, 0.25) is 5.91 Å². The van der Waals surface area contributed by atoms with Gasteiger partial charge in [-0.25, -0.2) is 0 Å². The maximum absolute atomic E-state index is 13.6. The van der Waals surface area contributed by atoms with E-state index in [1.165, 1.54) is 14.2 Å². The third-order valence-corrected chi connectivity index (χ3v) is 6.59. The molecule has 0 saturated heterocycles. The average molecular weight is 485 g/mol. The van der Waals surface area contributed by atoms with E-state index in [-0.39, 0.29) is 19.0 Å². The zero-order chi connectivity index (χ0) is 24.0. The molecular weight excluding hydrogens is 457 g/mol. The number of amides is 2. The summed E-state index contributed by atoms with van der Waals surface area (Å²) in [6.45, 7) is -0.297. The van der Waals surface area contributed by atoms with Crippen LogP contribution in [-0.2, 0) is 16.0 Å². The van der Waals surface area contributed by atoms with Crippen molar-refractivity contribution in [2.24, 2.45) is 0 Å². The third-order valence-electron chi connectivity index (χ3n) is 5.67. The van der Waals surface area contributed by atoms with Gasteiger partial charge in [-0.3, -0.25) is 9.59 Å². The SMILES string of the molecule is COc1ccc(CCN(C(=O)C(F)(F)F)[C@@H](C(=O)NC2CCCC2)c2cccs2)cc1OC. The van der Waals surface area contributed by atoms with Crippen LogP contribution in [0.2, 0.25) is 0 Å². The predicted molar refractivity (Wildman–Crippen MR) is 118 cm³/mol. The van der Waals surface area contributed by atoms with Crippen molar-refractivity contribution in [1.82, 2.24) is 10.2 Å². The fourth-order valence-corrected chi connectivity index (χ4v) is 4.85. The summed E-state index contributed by atoms with van der Waals surface area (Å²) in [5.74, 6) is -1.72. The number of nitrogens with one attached hydrogen (secondary N) is 1. The summed E-state index contributed by atoms with van der Waals surface area (Å²) in [5.41, 5.74) is 0.647. The maximum Gasteiger partial charge on any atom is 0.471 e. The zero-order valence-electron chi connectivity index (χ0n) is 18.5. The highest BCUT2D eigenvalue weighted by Gasteiger charge is 2.47. The van der Waals surface area contributed by atoms with E-state index in [4.69, 9.17) is 9.47 Å². The van der Waals surface area contributed by atoms with Gasteiger partial charge in [-0.1, -0.05) is 25.0 Å². The molecule has 1 aliphatic rings. The van der Waals surface area contributed by atoms with Gasteiger partial charge in [0.25, 0.3) is 0 Å². The van der Waals surface area contributed by atoms with E-state index in [0.717, 1.165) is 37.0 Å². The van der Waals surface area contributed by atoms with Crippen molar-refractivity contribution in [2.75, 3.05) is 20.8 Å². The highest BCUT2D eigenvalue weighted by atomic mass is 32.1. The molecule has 1 aromatic carbocycles. The van der Waals surface area contributed by atoms with Crippen LogP contribution in [0.3, 0.4) is 0 Å². The van der Waals surface area contributed by atoms with E-state index >= 15 is 0 Å². The Kier molecular flexibility index (Phi) is 8.23. The van der Waals surface area contributed by atoms with Crippen LogP contribution >= 0.6 is 11.3 Å². The summed E-state index contributed by atoms with van der Waals surface area (Å²) in [4.78, 5) is 26.6. The van der Waals surface area contributed by atoms with Crippen LogP contribution in [0.25, 0.3) is 0 Å². The molecule has 1 fully saturated rings. The summed E-state index contributed by atoms with van der Waals surface area (Å²) >= 11 is 1.15. The molecule has 1 aromatic heterocycles. The molecule has 1 atom stereocenters. The standard InChI is InChI=1S/C23H27F3N2O4S/c1-31-17-10-9-15(14-18(17)32-2)11-12-28(22(30)23(24,25)26)20(19-8-5-13-33-19)21(29)27-16-6-3-4-7-16/h5,8-10,13-14,16,20H,3-4,6-7,11-12H2,1-2H3,(H,27,29)/t20-/m1/s1. The smallest absolute Gasteiger partial charge is 0.471 e. The zero-order valence-corrected chi connectivity index (χ0v) is 19.3. The molecule has 0 bridgehead atoms. The summed E-state index contributed by atoms with van der Waals surface area (Å²) in [6, 6.07) is 6.77. The molecule has 1 heterocycles. The minimum atomic E-state index is -5.11. The van der Waals surface area contributed by atoms with Crippen molar-refractivity contribution >= 4 is 23.2 Å². The Labute approximate surface area is 194 Å². The lowest BCUT2D eigenvalue weighted by atomic mass is 10.1. The molecule has 6 nitrogen and oxygen atoms in total. The van der Waals surface area contributed by atoms with Gasteiger partial charge in [-0.15, -0.1) is 11.3 Å². The van der Waals surface area contributed by atoms with E-state index in [0.29, 0.717) is 26.8 Å². The Morgan fingerprint density at radius 1 is 1.15 bits per heavy atom. The number of alkyl halides is 3. The number of carbonyl (C=O) groups is 2. The Bertz CT molecular complexity index is 944. The van der Waals surface area contributed by atoms with Crippen molar-refractivity contribution in [2.45, 2.75) is 50.4 Å². The number of nitrogens with zero attached hydrogens (tertiary/aromatic N) is 1. The van der Waals surface area contributed by atoms with E-state index in [2.05, 4.69) is 5.32 Å². The number of thiophene rings is 1. The van der Waals surface area contributed by atoms with Crippen molar-refractivity contribution in [3.63, 3.8) is 0 Å². The van der Waals surface area contributed by atoms with Gasteiger partial charge in [0.05, 0.1) is 14.2 Å². The fourth-order valence-electron chi connectivity index (χ4n) is 4.02. The minimum absolute atomic E-state index is 0.0892. The molecule has 0 radical (unpaired) electrons. The third kappa shape index (κ3) is 6.19. The minimum Gasteiger partial charge on any atom is -0.493 e. The number of hydrogen-bond acceptors (Lipinski definition) is 5. The average Bonchev–Trinajstić information content (AvgIpc) is 3.49. The molecule has 2 amide bonds. The van der Waals surface area contributed by atoms with Gasteiger partial charge in [0.1, 0.15) is 6.04 Å². The second kappa shape index (κ2) is 10.9. The summed E-state index contributed by atoms with van der Waals surface area (Å²) in [6.07, 6.45) is -1.54. The Balaban J connectivity index is 1.89. The number of hydrogen-bond donors (Lipinski definition) is 1. The molecule has 0 unspecified atom stereocenters. The molecule has 1 aliphatic carbocycles. The molecule has 0 aliphatic heterocycles. The number of benzene rings is 1. The topological polar surface area (TPSA) is 67.9 Å². The summed E-state index contributed by atoms with van der Waals surface area (Å²) < 4.78 is 51.1. The lowest BCUT2D eigenvalue weighted by Crippen LogP contribution is -2.50. The van der Waals surface area contributed by atoms with Crippen LogP contribution in [-0.4, -0.2) is 49.7 Å². The second-order valence-electron chi connectivity index (χ2n) is 7.84. The first-order valence-corrected chi connectivity index (χ1v) is 11.5. The number of rotatable bonds is 9. The molecular formula is C23H27F3N2O4S. The number of methoxy groups -OCH3 is 2. The molecule has 3 rings (SSSR count). The molecule has 33 heavy (non-hydrogen) atoms. The lowest BCUT2D eigenvalue weighted by Gasteiger charge is -2.32. The Morgan fingerprint density at radius 2 is 1.85 bits per heavy atom. The predicted octanol–water partition coefficient (Wildman–Crippen LogP) is 4.50. The number of carbonyl (C=O) groups excluding carboxylic acids is 2. The van der Waals surface area contributed by atoms with Crippen LogP contribution in [0.5, 0.6) is 11.5 Å². The van der Waals surface area contributed by atoms with Gasteiger partial charge < -0.3 is 19.7 Å². The number of halogens is 3. The Hall–Kier alpha value is -2.75. The van der Waals surface area contributed by atoms with E-state index in [1.54, 1.807) is 35.7 Å². The van der Waals surface area contributed by atoms with Crippen molar-refractivity contribution in [3.05, 3.63) is 46.2 Å². The first-order chi connectivity index (χ1) is 15.7. The van der Waals surface area contributed by atoms with Crippen LogP contribution in [0.4, 0.5) is 13.2 Å². The molecule has 0 spiro atoms. The second-order valence-corrected chi connectivity index (χ2v) is 8.82. The van der Waals surface area contributed by atoms with Gasteiger partial charge >= 0.3 is 12.1 Å². The van der Waals surface area contributed by atoms with E-state index in [1.807, 2.05) is 0 Å². The largest absolute Gasteiger partial charge is 0.493 e. The monoisotopic (exact) mass is 484 g/mol. The molecule has 1 N–H and O–H groups in total. The van der Waals surface area contributed by atoms with E-state index < -0.39 is 24.0 Å². The quantitative estimate of drug-likeness (QED) is 0.569. The van der Waals surface area contributed by atoms with Crippen LogP contribution in [0, 0.1) is 0 Å². The van der Waals surface area contributed by atoms with Crippen LogP contribution < -0.4 is 14.8 Å². The summed E-state index contributed by atoms with van der Waals surface area (Å²) in [7, 11) is 2.94. The first-order valence-electron chi connectivity index (χ1n) is 10.7. The van der Waals surface area contributed by atoms with Gasteiger partial charge in [-0.2, -0.15) is 13.2 Å². The lowest BCUT2D eigenvalue weighted by molar-refractivity contribution is -0.188. The summed E-state index contributed by atoms with van der Waals surface area (Å²) in [5, 5.41) is 4.53. The van der Waals surface area contributed by atoms with Gasteiger partial charge in [0.15, 0.2) is 11.5 Å². The molecule has 180 valence electrons. The van der Waals surface area contributed by atoms with Crippen molar-refractivity contribution in [3.8, 4) is 11.5 Å². The first kappa shape index (κ1) is 24.9. The van der Waals surface area contributed by atoms with Crippen LogP contribution in [0.15, 0.2) is 35.7 Å². The van der Waals surface area contributed by atoms with Crippen molar-refractivity contribution < 1.29 is 32.2 Å². The fraction of sp³-hybridized carbons (Fsp3) is 0.478.